The van der Waals surface area contributed by atoms with Gasteiger partial charge in [-0.25, -0.2) is 4.39 Å². The molecule has 2 N–H and O–H groups in total. The fourth-order valence-electron chi connectivity index (χ4n) is 2.91. The Labute approximate surface area is 144 Å². The molecule has 128 valence electrons. The van der Waals surface area contributed by atoms with E-state index in [0.29, 0.717) is 35.2 Å². The number of halogens is 2. The largest absolute Gasteiger partial charge is 0.372 e. The van der Waals surface area contributed by atoms with E-state index < -0.39 is 0 Å². The van der Waals surface area contributed by atoms with Gasteiger partial charge in [0, 0.05) is 25.0 Å². The van der Waals surface area contributed by atoms with Crippen molar-refractivity contribution < 1.29 is 13.9 Å². The summed E-state index contributed by atoms with van der Waals surface area (Å²) in [4.78, 5) is 16.8. The molecule has 1 fully saturated rings. The average Bonchev–Trinajstić information content (AvgIpc) is 2.93. The van der Waals surface area contributed by atoms with Crippen LogP contribution in [0.25, 0.3) is 0 Å². The third-order valence-electron chi connectivity index (χ3n) is 3.86. The van der Waals surface area contributed by atoms with Crippen LogP contribution in [-0.4, -0.2) is 36.2 Å². The van der Waals surface area contributed by atoms with Crippen LogP contribution in [0.1, 0.15) is 24.3 Å². The fourth-order valence-corrected chi connectivity index (χ4v) is 3.08. The highest BCUT2D eigenvalue weighted by atomic mass is 35.5. The maximum absolute atomic E-state index is 14.5. The molecule has 1 aliphatic heterocycles. The van der Waals surface area contributed by atoms with Crippen molar-refractivity contribution in [3.05, 3.63) is 47.0 Å². The maximum atomic E-state index is 14.5. The van der Waals surface area contributed by atoms with Crippen LogP contribution in [0.5, 0.6) is 0 Å². The number of aromatic amines is 1. The van der Waals surface area contributed by atoms with Crippen molar-refractivity contribution in [2.75, 3.05) is 23.3 Å². The molecule has 1 saturated heterocycles. The molecule has 2 aromatic rings. The molecule has 7 heteroatoms. The van der Waals surface area contributed by atoms with E-state index in [4.69, 9.17) is 16.3 Å². The Hall–Kier alpha value is -2.05. The summed E-state index contributed by atoms with van der Waals surface area (Å²) in [6.45, 7) is 5.20. The zero-order valence-corrected chi connectivity index (χ0v) is 14.2. The molecule has 2 atom stereocenters. The highest BCUT2D eigenvalue weighted by Crippen LogP contribution is 2.26. The average molecular weight is 352 g/mol. The van der Waals surface area contributed by atoms with E-state index in [0.717, 1.165) is 0 Å². The number of hydrogen-bond acceptors (Lipinski definition) is 3. The Balaban J connectivity index is 1.74. The highest BCUT2D eigenvalue weighted by Gasteiger charge is 2.24. The van der Waals surface area contributed by atoms with Gasteiger partial charge in [0.15, 0.2) is 0 Å². The van der Waals surface area contributed by atoms with E-state index in [1.165, 1.54) is 18.3 Å². The van der Waals surface area contributed by atoms with Crippen molar-refractivity contribution in [1.29, 1.82) is 0 Å². The number of hydrogen-bond donors (Lipinski definition) is 2. The number of H-pyrrole nitrogens is 1. The van der Waals surface area contributed by atoms with Crippen molar-refractivity contribution in [1.82, 2.24) is 4.98 Å². The number of nitrogens with one attached hydrogen (secondary N) is 2. The number of anilines is 2. The van der Waals surface area contributed by atoms with Gasteiger partial charge < -0.3 is 19.9 Å². The number of aromatic nitrogens is 1. The molecule has 0 bridgehead atoms. The molecule has 0 saturated carbocycles. The molecule has 1 aliphatic rings. The predicted octanol–water partition coefficient (Wildman–Crippen LogP) is 3.67. The van der Waals surface area contributed by atoms with Gasteiger partial charge in [-0.3, -0.25) is 4.79 Å². The number of amides is 1. The van der Waals surface area contributed by atoms with Gasteiger partial charge in [0.25, 0.3) is 5.91 Å². The van der Waals surface area contributed by atoms with E-state index in [-0.39, 0.29) is 23.9 Å². The molecule has 5 nitrogen and oxygen atoms in total. The minimum absolute atomic E-state index is 0.0464. The van der Waals surface area contributed by atoms with Gasteiger partial charge >= 0.3 is 0 Å². The van der Waals surface area contributed by atoms with Crippen LogP contribution in [0.15, 0.2) is 30.5 Å². The quantitative estimate of drug-likeness (QED) is 0.887. The molecule has 0 radical (unpaired) electrons. The van der Waals surface area contributed by atoms with Crippen LogP contribution in [0.3, 0.4) is 0 Å². The summed E-state index contributed by atoms with van der Waals surface area (Å²) in [5.41, 5.74) is 1.22. The summed E-state index contributed by atoms with van der Waals surface area (Å²) < 4.78 is 20.2. The summed E-state index contributed by atoms with van der Waals surface area (Å²) in [6, 6.07) is 6.20. The van der Waals surface area contributed by atoms with Crippen molar-refractivity contribution in [2.45, 2.75) is 26.1 Å². The lowest BCUT2D eigenvalue weighted by molar-refractivity contribution is -0.00539. The number of carbonyl (C=O) groups is 1. The van der Waals surface area contributed by atoms with Crippen molar-refractivity contribution in [2.24, 2.45) is 0 Å². The van der Waals surface area contributed by atoms with Gasteiger partial charge in [-0.1, -0.05) is 11.6 Å². The van der Waals surface area contributed by atoms with Gasteiger partial charge in [0.2, 0.25) is 0 Å². The molecule has 2 unspecified atom stereocenters. The van der Waals surface area contributed by atoms with Crippen LogP contribution in [0.2, 0.25) is 5.02 Å². The summed E-state index contributed by atoms with van der Waals surface area (Å²) in [5, 5.41) is 3.09. The highest BCUT2D eigenvalue weighted by molar-refractivity contribution is 6.31. The van der Waals surface area contributed by atoms with E-state index in [1.807, 2.05) is 18.7 Å². The second-order valence-electron chi connectivity index (χ2n) is 6.01. The number of nitrogens with zero attached hydrogens (tertiary/aromatic N) is 1. The first-order valence-corrected chi connectivity index (χ1v) is 8.15. The third-order valence-corrected chi connectivity index (χ3v) is 4.08. The minimum Gasteiger partial charge on any atom is -0.372 e. The Bertz CT molecular complexity index is 739. The Morgan fingerprint density at radius 1 is 1.33 bits per heavy atom. The van der Waals surface area contributed by atoms with Crippen LogP contribution in [0.4, 0.5) is 15.8 Å². The molecule has 1 aromatic carbocycles. The number of rotatable bonds is 3. The summed E-state index contributed by atoms with van der Waals surface area (Å²) >= 11 is 5.78. The van der Waals surface area contributed by atoms with Crippen molar-refractivity contribution >= 4 is 28.9 Å². The standard InChI is InChI=1S/C17H19ClFN3O2/c1-10-8-22(9-11(2)24-10)16-4-3-13(6-14(16)19)21-17(23)15-5-12(18)7-20-15/h3-7,10-11,20H,8-9H2,1-2H3,(H,21,23). The van der Waals surface area contributed by atoms with E-state index in [9.17, 15) is 9.18 Å². The summed E-state index contributed by atoms with van der Waals surface area (Å²) in [7, 11) is 0. The second-order valence-corrected chi connectivity index (χ2v) is 6.45. The molecule has 2 heterocycles. The van der Waals surface area contributed by atoms with Crippen molar-refractivity contribution in [3.8, 4) is 0 Å². The lowest BCUT2D eigenvalue weighted by atomic mass is 10.2. The van der Waals surface area contributed by atoms with Crippen LogP contribution >= 0.6 is 11.6 Å². The SMILES string of the molecule is CC1CN(c2ccc(NC(=O)c3cc(Cl)c[nH]3)cc2F)CC(C)O1. The molecular formula is C17H19ClFN3O2. The lowest BCUT2D eigenvalue weighted by Gasteiger charge is -2.37. The Morgan fingerprint density at radius 2 is 2.04 bits per heavy atom. The Morgan fingerprint density at radius 3 is 2.62 bits per heavy atom. The molecule has 24 heavy (non-hydrogen) atoms. The monoisotopic (exact) mass is 351 g/mol. The van der Waals surface area contributed by atoms with E-state index in [2.05, 4.69) is 10.3 Å². The van der Waals surface area contributed by atoms with Gasteiger partial charge in [-0.05, 0) is 38.1 Å². The molecule has 0 aliphatic carbocycles. The first-order chi connectivity index (χ1) is 11.4. The number of carbonyl (C=O) groups excluding carboxylic acids is 1. The molecule has 1 aromatic heterocycles. The normalized spacial score (nSPS) is 20.9. The predicted molar refractivity (Wildman–Crippen MR) is 92.4 cm³/mol. The summed E-state index contributed by atoms with van der Waals surface area (Å²) in [5.74, 6) is -0.749. The Kier molecular flexibility index (Phi) is 4.78. The zero-order chi connectivity index (χ0) is 17.3. The maximum Gasteiger partial charge on any atom is 0.272 e. The van der Waals surface area contributed by atoms with Crippen LogP contribution < -0.4 is 10.2 Å². The number of morpholine rings is 1. The molecule has 0 spiro atoms. The van der Waals surface area contributed by atoms with Gasteiger partial charge in [-0.2, -0.15) is 0 Å². The zero-order valence-electron chi connectivity index (χ0n) is 13.5. The smallest absolute Gasteiger partial charge is 0.272 e. The van der Waals surface area contributed by atoms with Crippen LogP contribution in [-0.2, 0) is 4.74 Å². The number of benzene rings is 1. The van der Waals surface area contributed by atoms with Gasteiger partial charge in [0.05, 0.1) is 22.9 Å². The van der Waals surface area contributed by atoms with E-state index >= 15 is 0 Å². The minimum atomic E-state index is -0.376. The second kappa shape index (κ2) is 6.83. The van der Waals surface area contributed by atoms with Crippen LogP contribution in [0, 0.1) is 5.82 Å². The lowest BCUT2D eigenvalue weighted by Crippen LogP contribution is -2.45. The fraction of sp³-hybridized carbons (Fsp3) is 0.353. The molecule has 1 amide bonds. The molecule has 3 rings (SSSR count). The van der Waals surface area contributed by atoms with Gasteiger partial charge in [0.1, 0.15) is 11.5 Å². The first-order valence-electron chi connectivity index (χ1n) is 7.77. The third kappa shape index (κ3) is 3.71. The first kappa shape index (κ1) is 16.8. The van der Waals surface area contributed by atoms with E-state index in [1.54, 1.807) is 12.1 Å². The van der Waals surface area contributed by atoms with Crippen molar-refractivity contribution in [3.63, 3.8) is 0 Å². The molecular weight excluding hydrogens is 333 g/mol. The number of ether oxygens (including phenoxy) is 1. The topological polar surface area (TPSA) is 57.4 Å². The summed E-state index contributed by atoms with van der Waals surface area (Å²) in [6.07, 6.45) is 1.61. The van der Waals surface area contributed by atoms with Gasteiger partial charge in [-0.15, -0.1) is 0 Å².